The van der Waals surface area contributed by atoms with Gasteiger partial charge < -0.3 is 0 Å². The molecule has 0 aliphatic heterocycles. The first-order valence-corrected chi connectivity index (χ1v) is 9.77. The van der Waals surface area contributed by atoms with Gasteiger partial charge in [-0.25, -0.2) is 18.1 Å². The molecule has 0 saturated carbocycles. The fraction of sp³-hybridized carbons (Fsp3) is 0.222. The highest BCUT2D eigenvalue weighted by molar-refractivity contribution is 7.90. The predicted molar refractivity (Wildman–Crippen MR) is 94.4 cm³/mol. The molecule has 1 aromatic carbocycles. The van der Waals surface area contributed by atoms with E-state index < -0.39 is 21.7 Å². The number of rotatable bonds is 3. The summed E-state index contributed by atoms with van der Waals surface area (Å²) in [6.45, 7) is 3.78. The zero-order chi connectivity index (χ0) is 20.0. The van der Waals surface area contributed by atoms with Crippen molar-refractivity contribution in [3.05, 3.63) is 59.4 Å². The van der Waals surface area contributed by atoms with E-state index in [1.165, 1.54) is 18.3 Å². The molecule has 3 rings (SSSR count). The maximum atomic E-state index is 13.2. The molecule has 27 heavy (non-hydrogen) atoms. The third kappa shape index (κ3) is 3.87. The van der Waals surface area contributed by atoms with Crippen LogP contribution in [-0.2, 0) is 16.0 Å². The van der Waals surface area contributed by atoms with Gasteiger partial charge >= 0.3 is 6.18 Å². The quantitative estimate of drug-likeness (QED) is 0.673. The molecule has 0 spiro atoms. The molecule has 0 aliphatic rings. The van der Waals surface area contributed by atoms with Crippen molar-refractivity contribution in [1.82, 2.24) is 14.8 Å². The zero-order valence-corrected chi connectivity index (χ0v) is 15.6. The molecule has 0 bridgehead atoms. The number of sulfone groups is 1. The Morgan fingerprint density at radius 2 is 1.70 bits per heavy atom. The lowest BCUT2D eigenvalue weighted by Gasteiger charge is -2.09. The number of alkyl halides is 3. The van der Waals surface area contributed by atoms with Crippen molar-refractivity contribution in [1.29, 1.82) is 0 Å². The monoisotopic (exact) mass is 395 g/mol. The molecule has 2 aromatic heterocycles. The molecule has 5 nitrogen and oxygen atoms in total. The van der Waals surface area contributed by atoms with Crippen molar-refractivity contribution >= 4 is 9.84 Å². The average molecular weight is 395 g/mol. The van der Waals surface area contributed by atoms with E-state index in [-0.39, 0.29) is 16.4 Å². The van der Waals surface area contributed by atoms with Crippen LogP contribution in [0.1, 0.15) is 16.8 Å². The Morgan fingerprint density at radius 3 is 2.22 bits per heavy atom. The molecular weight excluding hydrogens is 379 g/mol. The molecule has 0 radical (unpaired) electrons. The number of aryl methyl sites for hydroxylation is 2. The lowest BCUT2D eigenvalue weighted by Crippen LogP contribution is -2.08. The number of aromatic nitrogens is 3. The van der Waals surface area contributed by atoms with Crippen LogP contribution >= 0.6 is 0 Å². The Hall–Kier alpha value is -2.68. The molecule has 0 unspecified atom stereocenters. The van der Waals surface area contributed by atoms with E-state index in [0.29, 0.717) is 5.56 Å². The first kappa shape index (κ1) is 19.1. The van der Waals surface area contributed by atoms with Crippen molar-refractivity contribution in [2.24, 2.45) is 0 Å². The van der Waals surface area contributed by atoms with E-state index in [1.807, 2.05) is 19.9 Å². The van der Waals surface area contributed by atoms with Gasteiger partial charge in [-0.1, -0.05) is 12.1 Å². The van der Waals surface area contributed by atoms with Crippen LogP contribution in [0, 0.1) is 13.8 Å². The maximum absolute atomic E-state index is 13.2. The number of halogens is 3. The minimum absolute atomic E-state index is 0.165. The SMILES string of the molecule is Cc1ccc(-c2cc(C(F)(F)F)nn2-c2ccc(S(C)(=O)=O)nc2)cc1C. The Morgan fingerprint density at radius 1 is 1.00 bits per heavy atom. The maximum Gasteiger partial charge on any atom is 0.435 e. The summed E-state index contributed by atoms with van der Waals surface area (Å²) in [5, 5.41) is 3.51. The standard InChI is InChI=1S/C18H16F3N3O2S/c1-11-4-5-13(8-12(11)2)15-9-16(18(19,20)21)23-24(15)14-6-7-17(22-10-14)27(3,25)26/h4-10H,1-3H3. The summed E-state index contributed by atoms with van der Waals surface area (Å²) >= 11 is 0. The Bertz CT molecular complexity index is 1100. The summed E-state index contributed by atoms with van der Waals surface area (Å²) < 4.78 is 63.8. The summed E-state index contributed by atoms with van der Waals surface area (Å²) in [4.78, 5) is 3.83. The highest BCUT2D eigenvalue weighted by atomic mass is 32.2. The topological polar surface area (TPSA) is 64.8 Å². The Labute approximate surface area is 154 Å². The van der Waals surface area contributed by atoms with Crippen molar-refractivity contribution in [2.45, 2.75) is 25.0 Å². The van der Waals surface area contributed by atoms with E-state index in [0.717, 1.165) is 28.1 Å². The van der Waals surface area contributed by atoms with Crippen LogP contribution in [0.3, 0.4) is 0 Å². The zero-order valence-electron chi connectivity index (χ0n) is 14.7. The largest absolute Gasteiger partial charge is 0.435 e. The minimum Gasteiger partial charge on any atom is -0.242 e. The minimum atomic E-state index is -4.61. The Balaban J connectivity index is 2.19. The molecule has 0 fully saturated rings. The van der Waals surface area contributed by atoms with Gasteiger partial charge in [0.05, 0.1) is 17.6 Å². The van der Waals surface area contributed by atoms with Gasteiger partial charge in [-0.2, -0.15) is 18.3 Å². The lowest BCUT2D eigenvalue weighted by atomic mass is 10.0. The van der Waals surface area contributed by atoms with E-state index >= 15 is 0 Å². The molecule has 0 saturated heterocycles. The second-order valence-corrected chi connectivity index (χ2v) is 8.21. The fourth-order valence-electron chi connectivity index (χ4n) is 2.54. The normalized spacial score (nSPS) is 12.4. The third-order valence-corrected chi connectivity index (χ3v) is 5.15. The van der Waals surface area contributed by atoms with Crippen LogP contribution in [0.2, 0.25) is 0 Å². The van der Waals surface area contributed by atoms with Gasteiger partial charge in [0.15, 0.2) is 20.6 Å². The van der Waals surface area contributed by atoms with Crippen molar-refractivity contribution in [3.63, 3.8) is 0 Å². The average Bonchev–Trinajstić information content (AvgIpc) is 3.02. The van der Waals surface area contributed by atoms with E-state index in [1.54, 1.807) is 12.1 Å². The first-order chi connectivity index (χ1) is 12.5. The lowest BCUT2D eigenvalue weighted by molar-refractivity contribution is -0.141. The van der Waals surface area contributed by atoms with Gasteiger partial charge in [0, 0.05) is 11.8 Å². The van der Waals surface area contributed by atoms with E-state index in [4.69, 9.17) is 0 Å². The molecular formula is C18H16F3N3O2S. The first-order valence-electron chi connectivity index (χ1n) is 7.88. The summed E-state index contributed by atoms with van der Waals surface area (Å²) in [6.07, 6.45) is -2.42. The molecule has 3 aromatic rings. The van der Waals surface area contributed by atoms with Crippen LogP contribution in [0.4, 0.5) is 13.2 Å². The summed E-state index contributed by atoms with van der Waals surface area (Å²) in [5.41, 5.74) is 1.93. The van der Waals surface area contributed by atoms with Crippen LogP contribution in [0.15, 0.2) is 47.6 Å². The molecule has 2 heterocycles. The van der Waals surface area contributed by atoms with Gasteiger partial charge in [0.1, 0.15) is 0 Å². The number of benzene rings is 1. The predicted octanol–water partition coefficient (Wildman–Crippen LogP) is 3.97. The van der Waals surface area contributed by atoms with Gasteiger partial charge in [-0.15, -0.1) is 0 Å². The molecule has 0 amide bonds. The number of hydrogen-bond donors (Lipinski definition) is 0. The van der Waals surface area contributed by atoms with E-state index in [2.05, 4.69) is 10.1 Å². The van der Waals surface area contributed by atoms with Crippen molar-refractivity contribution < 1.29 is 21.6 Å². The Kier molecular flexibility index (Phi) is 4.59. The number of pyridine rings is 1. The molecule has 142 valence electrons. The smallest absolute Gasteiger partial charge is 0.242 e. The van der Waals surface area contributed by atoms with Crippen LogP contribution < -0.4 is 0 Å². The summed E-state index contributed by atoms with van der Waals surface area (Å²) in [7, 11) is -3.51. The molecule has 0 atom stereocenters. The van der Waals surface area contributed by atoms with Crippen molar-refractivity contribution in [2.75, 3.05) is 6.26 Å². The fourth-order valence-corrected chi connectivity index (χ4v) is 3.10. The molecule has 0 N–H and O–H groups in total. The third-order valence-electron chi connectivity index (χ3n) is 4.15. The van der Waals surface area contributed by atoms with Gasteiger partial charge in [-0.05, 0) is 49.2 Å². The van der Waals surface area contributed by atoms with Gasteiger partial charge in [0.2, 0.25) is 0 Å². The molecule has 0 aliphatic carbocycles. The molecule has 9 heteroatoms. The van der Waals surface area contributed by atoms with Crippen LogP contribution in [0.5, 0.6) is 0 Å². The number of nitrogens with zero attached hydrogens (tertiary/aromatic N) is 3. The summed E-state index contributed by atoms with van der Waals surface area (Å²) in [5.74, 6) is 0. The second-order valence-electron chi connectivity index (χ2n) is 6.25. The van der Waals surface area contributed by atoms with Crippen LogP contribution in [0.25, 0.3) is 16.9 Å². The van der Waals surface area contributed by atoms with E-state index in [9.17, 15) is 21.6 Å². The second kappa shape index (κ2) is 6.49. The highest BCUT2D eigenvalue weighted by Gasteiger charge is 2.35. The number of hydrogen-bond acceptors (Lipinski definition) is 4. The van der Waals surface area contributed by atoms with Gasteiger partial charge in [-0.3, -0.25) is 0 Å². The highest BCUT2D eigenvalue weighted by Crippen LogP contribution is 2.33. The van der Waals surface area contributed by atoms with Gasteiger partial charge in [0.25, 0.3) is 0 Å². The summed E-state index contributed by atoms with van der Waals surface area (Å²) in [6, 6.07) is 8.90. The van der Waals surface area contributed by atoms with Crippen LogP contribution in [-0.4, -0.2) is 29.4 Å². The van der Waals surface area contributed by atoms with Crippen molar-refractivity contribution in [3.8, 4) is 16.9 Å².